The fourth-order valence-corrected chi connectivity index (χ4v) is 1.74. The van der Waals surface area contributed by atoms with Crippen LogP contribution in [0.25, 0.3) is 0 Å². The van der Waals surface area contributed by atoms with Gasteiger partial charge in [-0.3, -0.25) is 16.0 Å². The first kappa shape index (κ1) is 13.2. The lowest BCUT2D eigenvalue weighted by molar-refractivity contribution is 0.105. The van der Waals surface area contributed by atoms with Crippen molar-refractivity contribution in [2.24, 2.45) is 5.84 Å². The Morgan fingerprint density at radius 1 is 1.56 bits per heavy atom. The Kier molecular flexibility index (Phi) is 5.45. The number of nitrogens with zero attached hydrogens (tertiary/aromatic N) is 2. The van der Waals surface area contributed by atoms with Gasteiger partial charge in [-0.2, -0.15) is 5.10 Å². The van der Waals surface area contributed by atoms with E-state index in [1.807, 2.05) is 16.9 Å². The van der Waals surface area contributed by atoms with Crippen LogP contribution in [0.3, 0.4) is 0 Å². The van der Waals surface area contributed by atoms with Gasteiger partial charge in [0.25, 0.3) is 0 Å². The van der Waals surface area contributed by atoms with E-state index in [-0.39, 0.29) is 12.1 Å². The van der Waals surface area contributed by atoms with E-state index in [0.29, 0.717) is 0 Å². The van der Waals surface area contributed by atoms with Crippen molar-refractivity contribution < 1.29 is 4.74 Å². The SMILES string of the molecule is CCn1nccc1C(CCC(C)OC)NN. The average molecular weight is 226 g/mol. The van der Waals surface area contributed by atoms with E-state index in [4.69, 9.17) is 10.6 Å². The van der Waals surface area contributed by atoms with Crippen LogP contribution in [0.1, 0.15) is 38.4 Å². The highest BCUT2D eigenvalue weighted by Gasteiger charge is 2.15. The van der Waals surface area contributed by atoms with Gasteiger partial charge in [-0.25, -0.2) is 0 Å². The van der Waals surface area contributed by atoms with Crippen LogP contribution in [0.2, 0.25) is 0 Å². The standard InChI is InChI=1S/C11H22N4O/c1-4-15-11(7-8-13-15)10(14-12)6-5-9(2)16-3/h7-10,14H,4-6,12H2,1-3H3. The summed E-state index contributed by atoms with van der Waals surface area (Å²) in [5.41, 5.74) is 3.97. The quantitative estimate of drug-likeness (QED) is 0.542. The van der Waals surface area contributed by atoms with Gasteiger partial charge < -0.3 is 4.74 Å². The zero-order valence-electron chi connectivity index (χ0n) is 10.3. The first-order chi connectivity index (χ1) is 7.72. The van der Waals surface area contributed by atoms with Crippen LogP contribution in [-0.2, 0) is 11.3 Å². The molecule has 5 heteroatoms. The van der Waals surface area contributed by atoms with Crippen molar-refractivity contribution in [3.8, 4) is 0 Å². The van der Waals surface area contributed by atoms with Gasteiger partial charge in [-0.1, -0.05) is 0 Å². The van der Waals surface area contributed by atoms with E-state index in [2.05, 4.69) is 24.4 Å². The van der Waals surface area contributed by atoms with Crippen molar-refractivity contribution in [3.05, 3.63) is 18.0 Å². The highest BCUT2D eigenvalue weighted by atomic mass is 16.5. The third-order valence-corrected chi connectivity index (χ3v) is 2.87. The zero-order chi connectivity index (χ0) is 12.0. The van der Waals surface area contributed by atoms with E-state index in [1.54, 1.807) is 7.11 Å². The maximum Gasteiger partial charge on any atom is 0.0630 e. The van der Waals surface area contributed by atoms with Crippen LogP contribution >= 0.6 is 0 Å². The summed E-state index contributed by atoms with van der Waals surface area (Å²) in [4.78, 5) is 0. The molecule has 16 heavy (non-hydrogen) atoms. The van der Waals surface area contributed by atoms with Gasteiger partial charge in [0.2, 0.25) is 0 Å². The van der Waals surface area contributed by atoms with Gasteiger partial charge in [0.05, 0.1) is 17.8 Å². The second kappa shape index (κ2) is 6.62. The first-order valence-electron chi connectivity index (χ1n) is 5.73. The fraction of sp³-hybridized carbons (Fsp3) is 0.727. The minimum atomic E-state index is 0.139. The summed E-state index contributed by atoms with van der Waals surface area (Å²) in [6.07, 6.45) is 3.98. The molecule has 0 aliphatic carbocycles. The molecule has 0 aliphatic heterocycles. The molecule has 0 spiro atoms. The third-order valence-electron chi connectivity index (χ3n) is 2.87. The lowest BCUT2D eigenvalue weighted by Gasteiger charge is -2.18. The summed E-state index contributed by atoms with van der Waals surface area (Å²) in [5, 5.41) is 4.24. The Bertz CT molecular complexity index is 300. The van der Waals surface area contributed by atoms with Gasteiger partial charge in [0.15, 0.2) is 0 Å². The number of hydrazine groups is 1. The zero-order valence-corrected chi connectivity index (χ0v) is 10.3. The normalized spacial score (nSPS) is 15.0. The number of ether oxygens (including phenoxy) is 1. The molecule has 1 rings (SSSR count). The molecule has 2 atom stereocenters. The third kappa shape index (κ3) is 3.30. The molecular weight excluding hydrogens is 204 g/mol. The fourth-order valence-electron chi connectivity index (χ4n) is 1.74. The molecule has 0 fully saturated rings. The number of hydrogen-bond donors (Lipinski definition) is 2. The van der Waals surface area contributed by atoms with E-state index >= 15 is 0 Å². The molecule has 0 saturated heterocycles. The number of methoxy groups -OCH3 is 1. The smallest absolute Gasteiger partial charge is 0.0630 e. The summed E-state index contributed by atoms with van der Waals surface area (Å²) < 4.78 is 7.19. The van der Waals surface area contributed by atoms with Gasteiger partial charge in [0.1, 0.15) is 0 Å². The Hall–Kier alpha value is -0.910. The van der Waals surface area contributed by atoms with Crippen molar-refractivity contribution in [3.63, 3.8) is 0 Å². The Labute approximate surface area is 96.9 Å². The van der Waals surface area contributed by atoms with E-state index in [0.717, 1.165) is 25.1 Å². The van der Waals surface area contributed by atoms with Crippen LogP contribution in [0, 0.1) is 0 Å². The lowest BCUT2D eigenvalue weighted by atomic mass is 10.1. The summed E-state index contributed by atoms with van der Waals surface area (Å²) >= 11 is 0. The van der Waals surface area contributed by atoms with Crippen molar-refractivity contribution in [1.29, 1.82) is 0 Å². The number of rotatable bonds is 7. The maximum atomic E-state index is 5.58. The molecule has 5 nitrogen and oxygen atoms in total. The lowest BCUT2D eigenvalue weighted by Crippen LogP contribution is -2.30. The van der Waals surface area contributed by atoms with E-state index < -0.39 is 0 Å². The van der Waals surface area contributed by atoms with E-state index in [9.17, 15) is 0 Å². The molecule has 2 unspecified atom stereocenters. The molecule has 0 radical (unpaired) electrons. The molecule has 0 aromatic carbocycles. The molecule has 92 valence electrons. The average Bonchev–Trinajstić information content (AvgIpc) is 2.77. The van der Waals surface area contributed by atoms with Crippen LogP contribution in [0.4, 0.5) is 0 Å². The topological polar surface area (TPSA) is 65.1 Å². The predicted octanol–water partition coefficient (Wildman–Crippen LogP) is 1.22. The summed E-state index contributed by atoms with van der Waals surface area (Å²) in [6, 6.07) is 2.14. The van der Waals surface area contributed by atoms with Crippen LogP contribution in [0.15, 0.2) is 12.3 Å². The Morgan fingerprint density at radius 3 is 2.88 bits per heavy atom. The number of aromatic nitrogens is 2. The molecule has 1 aromatic rings. The van der Waals surface area contributed by atoms with Crippen molar-refractivity contribution in [2.45, 2.75) is 45.4 Å². The monoisotopic (exact) mass is 226 g/mol. The van der Waals surface area contributed by atoms with Crippen LogP contribution in [-0.4, -0.2) is 23.0 Å². The summed E-state index contributed by atoms with van der Waals surface area (Å²) in [7, 11) is 1.73. The Balaban J connectivity index is 2.60. The van der Waals surface area contributed by atoms with Gasteiger partial charge in [-0.15, -0.1) is 0 Å². The van der Waals surface area contributed by atoms with Gasteiger partial charge in [-0.05, 0) is 32.8 Å². The maximum absolute atomic E-state index is 5.58. The molecule has 0 amide bonds. The predicted molar refractivity (Wildman–Crippen MR) is 63.7 cm³/mol. The minimum absolute atomic E-state index is 0.139. The molecule has 1 aromatic heterocycles. The summed E-state index contributed by atoms with van der Waals surface area (Å²) in [5.74, 6) is 5.58. The molecule has 0 bridgehead atoms. The molecule has 0 aliphatic rings. The van der Waals surface area contributed by atoms with Gasteiger partial charge >= 0.3 is 0 Å². The Morgan fingerprint density at radius 2 is 2.31 bits per heavy atom. The van der Waals surface area contributed by atoms with Crippen LogP contribution < -0.4 is 11.3 Å². The summed E-state index contributed by atoms with van der Waals surface area (Å²) in [6.45, 7) is 4.99. The molecular formula is C11H22N4O. The van der Waals surface area contributed by atoms with Crippen molar-refractivity contribution >= 4 is 0 Å². The second-order valence-electron chi connectivity index (χ2n) is 3.91. The molecule has 3 N–H and O–H groups in total. The van der Waals surface area contributed by atoms with Crippen molar-refractivity contribution in [2.75, 3.05) is 7.11 Å². The van der Waals surface area contributed by atoms with Crippen molar-refractivity contribution in [1.82, 2.24) is 15.2 Å². The largest absolute Gasteiger partial charge is 0.382 e. The highest BCUT2D eigenvalue weighted by molar-refractivity contribution is 5.06. The number of aryl methyl sites for hydroxylation is 1. The molecule has 1 heterocycles. The molecule has 0 saturated carbocycles. The first-order valence-corrected chi connectivity index (χ1v) is 5.73. The number of nitrogens with two attached hydrogens (primary N) is 1. The number of nitrogens with one attached hydrogen (secondary N) is 1. The van der Waals surface area contributed by atoms with Gasteiger partial charge in [0, 0.05) is 19.9 Å². The highest BCUT2D eigenvalue weighted by Crippen LogP contribution is 2.18. The van der Waals surface area contributed by atoms with Crippen LogP contribution in [0.5, 0.6) is 0 Å². The number of hydrogen-bond acceptors (Lipinski definition) is 4. The van der Waals surface area contributed by atoms with E-state index in [1.165, 1.54) is 0 Å². The minimum Gasteiger partial charge on any atom is -0.382 e. The second-order valence-corrected chi connectivity index (χ2v) is 3.91.